The number of urea groups is 1. The number of halogens is 2. The fraction of sp³-hybridized carbons (Fsp3) is 0. The summed E-state index contributed by atoms with van der Waals surface area (Å²) in [5, 5.41) is 12.4. The van der Waals surface area contributed by atoms with E-state index in [9.17, 15) is 9.18 Å². The van der Waals surface area contributed by atoms with Gasteiger partial charge in [0.2, 0.25) is 0 Å². The average Bonchev–Trinajstić information content (AvgIpc) is 3.08. The quantitative estimate of drug-likeness (QED) is 0.428. The first-order valence-corrected chi connectivity index (χ1v) is 8.56. The second-order valence-corrected chi connectivity index (χ2v) is 6.24. The minimum Gasteiger partial charge on any atom is -0.308 e. The summed E-state index contributed by atoms with van der Waals surface area (Å²) in [6.45, 7) is 0. The summed E-state index contributed by atoms with van der Waals surface area (Å²) in [7, 11) is 0. The van der Waals surface area contributed by atoms with Crippen molar-refractivity contribution in [1.29, 1.82) is 0 Å². The molecule has 0 saturated heterocycles. The molecule has 0 spiro atoms. The van der Waals surface area contributed by atoms with Crippen LogP contribution in [0.25, 0.3) is 22.0 Å². The predicted molar refractivity (Wildman–Crippen MR) is 106 cm³/mol. The number of hydrogen-bond acceptors (Lipinski definition) is 2. The normalized spacial score (nSPS) is 10.7. The third-order valence-electron chi connectivity index (χ3n) is 4.09. The highest BCUT2D eigenvalue weighted by Gasteiger charge is 2.18. The molecule has 27 heavy (non-hydrogen) atoms. The molecule has 3 N–H and O–H groups in total. The number of anilines is 2. The molecule has 1 heterocycles. The van der Waals surface area contributed by atoms with Crippen LogP contribution in [-0.2, 0) is 0 Å². The molecule has 5 nitrogen and oxygen atoms in total. The molecule has 0 aliphatic carbocycles. The molecule has 4 aromatic rings. The first-order chi connectivity index (χ1) is 13.1. The Hall–Kier alpha value is -3.38. The van der Waals surface area contributed by atoms with Gasteiger partial charge in [-0.05, 0) is 23.8 Å². The molecular formula is C20H14ClFN4O. The Balaban J connectivity index is 1.70. The van der Waals surface area contributed by atoms with E-state index in [4.69, 9.17) is 11.6 Å². The summed E-state index contributed by atoms with van der Waals surface area (Å²) in [5.74, 6) is -0.400. The Morgan fingerprint density at radius 1 is 1.00 bits per heavy atom. The third kappa shape index (κ3) is 3.35. The molecular weight excluding hydrogens is 367 g/mol. The number of para-hydroxylation sites is 1. The number of nitrogens with zero attached hydrogens (tertiary/aromatic N) is 1. The molecule has 0 radical (unpaired) electrons. The van der Waals surface area contributed by atoms with Gasteiger partial charge in [0.05, 0.1) is 5.02 Å². The SMILES string of the molecule is O=C(Nc1ccccc1)Nc1n[nH]c2c(F)c(Cl)c(-c3ccccc3)cc12. The van der Waals surface area contributed by atoms with Crippen molar-refractivity contribution in [3.8, 4) is 11.1 Å². The summed E-state index contributed by atoms with van der Waals surface area (Å²) in [6.07, 6.45) is 0. The van der Waals surface area contributed by atoms with Crippen molar-refractivity contribution in [2.45, 2.75) is 0 Å². The van der Waals surface area contributed by atoms with Gasteiger partial charge in [-0.3, -0.25) is 10.4 Å². The molecule has 0 fully saturated rings. The van der Waals surface area contributed by atoms with Crippen LogP contribution in [0.3, 0.4) is 0 Å². The number of carbonyl (C=O) groups excluding carboxylic acids is 1. The smallest absolute Gasteiger partial charge is 0.308 e. The Bertz CT molecular complexity index is 1110. The van der Waals surface area contributed by atoms with Gasteiger partial charge in [-0.1, -0.05) is 60.1 Å². The number of aromatic nitrogens is 2. The first kappa shape index (κ1) is 17.1. The number of hydrogen-bond donors (Lipinski definition) is 3. The predicted octanol–water partition coefficient (Wildman–Crippen LogP) is 5.67. The van der Waals surface area contributed by atoms with E-state index in [0.717, 1.165) is 5.56 Å². The Labute approximate surface area is 159 Å². The van der Waals surface area contributed by atoms with Crippen LogP contribution in [0.4, 0.5) is 20.7 Å². The summed E-state index contributed by atoms with van der Waals surface area (Å²) in [4.78, 5) is 12.2. The zero-order valence-corrected chi connectivity index (χ0v) is 14.7. The molecule has 3 aromatic carbocycles. The zero-order valence-electron chi connectivity index (χ0n) is 14.0. The third-order valence-corrected chi connectivity index (χ3v) is 4.46. The molecule has 0 unspecified atom stereocenters. The lowest BCUT2D eigenvalue weighted by Gasteiger charge is -2.08. The Kier molecular flexibility index (Phi) is 4.48. The molecule has 0 bridgehead atoms. The Morgan fingerprint density at radius 3 is 2.37 bits per heavy atom. The van der Waals surface area contributed by atoms with Crippen molar-refractivity contribution in [2.24, 2.45) is 0 Å². The standard InChI is InChI=1S/C20H14ClFN4O/c21-16-14(12-7-3-1-4-8-12)11-15-18(17(16)22)25-26-19(15)24-20(27)23-13-9-5-2-6-10-13/h1-11H,(H3,23,24,25,26,27). The summed E-state index contributed by atoms with van der Waals surface area (Å²) < 4.78 is 14.7. The van der Waals surface area contributed by atoms with Gasteiger partial charge in [-0.2, -0.15) is 5.10 Å². The van der Waals surface area contributed by atoms with E-state index in [2.05, 4.69) is 20.8 Å². The monoisotopic (exact) mass is 380 g/mol. The highest BCUT2D eigenvalue weighted by atomic mass is 35.5. The van der Waals surface area contributed by atoms with Gasteiger partial charge in [-0.25, -0.2) is 9.18 Å². The number of carbonyl (C=O) groups is 1. The highest BCUT2D eigenvalue weighted by molar-refractivity contribution is 6.34. The van der Waals surface area contributed by atoms with E-state index >= 15 is 0 Å². The number of nitrogens with one attached hydrogen (secondary N) is 3. The fourth-order valence-electron chi connectivity index (χ4n) is 2.81. The van der Waals surface area contributed by atoms with Gasteiger partial charge in [0.15, 0.2) is 11.6 Å². The van der Waals surface area contributed by atoms with E-state index < -0.39 is 11.8 Å². The lowest BCUT2D eigenvalue weighted by molar-refractivity contribution is 0.262. The molecule has 2 amide bonds. The van der Waals surface area contributed by atoms with Crippen molar-refractivity contribution in [3.63, 3.8) is 0 Å². The lowest BCUT2D eigenvalue weighted by atomic mass is 10.0. The molecule has 4 rings (SSSR count). The number of fused-ring (bicyclic) bond motifs is 1. The molecule has 0 aliphatic rings. The van der Waals surface area contributed by atoms with E-state index in [1.165, 1.54) is 0 Å². The molecule has 1 aromatic heterocycles. The summed E-state index contributed by atoms with van der Waals surface area (Å²) in [6, 6.07) is 19.4. The zero-order chi connectivity index (χ0) is 18.8. The van der Waals surface area contributed by atoms with Crippen LogP contribution in [-0.4, -0.2) is 16.2 Å². The second kappa shape index (κ2) is 7.09. The number of aromatic amines is 1. The lowest BCUT2D eigenvalue weighted by Crippen LogP contribution is -2.19. The van der Waals surface area contributed by atoms with Crippen LogP contribution in [0.15, 0.2) is 66.7 Å². The molecule has 0 aliphatic heterocycles. The molecule has 7 heteroatoms. The topological polar surface area (TPSA) is 69.8 Å². The molecule has 0 atom stereocenters. The van der Waals surface area contributed by atoms with Gasteiger partial charge in [-0.15, -0.1) is 0 Å². The van der Waals surface area contributed by atoms with Crippen molar-refractivity contribution < 1.29 is 9.18 Å². The second-order valence-electron chi connectivity index (χ2n) is 5.86. The minimum absolute atomic E-state index is 0.00219. The van der Waals surface area contributed by atoms with Gasteiger partial charge < -0.3 is 5.32 Å². The highest BCUT2D eigenvalue weighted by Crippen LogP contribution is 2.36. The van der Waals surface area contributed by atoms with Gasteiger partial charge in [0.25, 0.3) is 0 Å². The van der Waals surface area contributed by atoms with E-state index in [1.807, 2.05) is 48.5 Å². The van der Waals surface area contributed by atoms with Gasteiger partial charge in [0, 0.05) is 16.6 Å². The first-order valence-electron chi connectivity index (χ1n) is 8.18. The van der Waals surface area contributed by atoms with E-state index in [1.54, 1.807) is 18.2 Å². The number of benzene rings is 3. The van der Waals surface area contributed by atoms with Crippen molar-refractivity contribution >= 4 is 40.0 Å². The Morgan fingerprint density at radius 2 is 1.67 bits per heavy atom. The number of rotatable bonds is 3. The maximum absolute atomic E-state index is 14.7. The van der Waals surface area contributed by atoms with Crippen molar-refractivity contribution in [1.82, 2.24) is 10.2 Å². The van der Waals surface area contributed by atoms with Crippen molar-refractivity contribution in [3.05, 3.63) is 77.6 Å². The minimum atomic E-state index is -0.614. The summed E-state index contributed by atoms with van der Waals surface area (Å²) >= 11 is 6.21. The number of amides is 2. The van der Waals surface area contributed by atoms with Crippen LogP contribution in [0, 0.1) is 5.82 Å². The van der Waals surface area contributed by atoms with Crippen LogP contribution in [0.1, 0.15) is 0 Å². The van der Waals surface area contributed by atoms with Crippen LogP contribution in [0.5, 0.6) is 0 Å². The van der Waals surface area contributed by atoms with Crippen molar-refractivity contribution in [2.75, 3.05) is 10.6 Å². The van der Waals surface area contributed by atoms with E-state index in [-0.39, 0.29) is 16.4 Å². The average molecular weight is 381 g/mol. The largest absolute Gasteiger partial charge is 0.324 e. The maximum Gasteiger partial charge on any atom is 0.324 e. The summed E-state index contributed by atoms with van der Waals surface area (Å²) in [5.41, 5.74) is 2.06. The fourth-order valence-corrected chi connectivity index (χ4v) is 3.07. The maximum atomic E-state index is 14.7. The van der Waals surface area contributed by atoms with E-state index in [0.29, 0.717) is 16.6 Å². The van der Waals surface area contributed by atoms with Crippen LogP contribution < -0.4 is 10.6 Å². The van der Waals surface area contributed by atoms with Crippen LogP contribution >= 0.6 is 11.6 Å². The van der Waals surface area contributed by atoms with Crippen LogP contribution in [0.2, 0.25) is 5.02 Å². The molecule has 134 valence electrons. The molecule has 0 saturated carbocycles. The van der Waals surface area contributed by atoms with Gasteiger partial charge in [0.1, 0.15) is 5.52 Å². The number of H-pyrrole nitrogens is 1. The van der Waals surface area contributed by atoms with Gasteiger partial charge >= 0.3 is 6.03 Å².